The highest BCUT2D eigenvalue weighted by Crippen LogP contribution is 2.36. The van der Waals surface area contributed by atoms with Gasteiger partial charge in [-0.1, -0.05) is 6.07 Å². The Hall–Kier alpha value is -3.88. The van der Waals surface area contributed by atoms with Crippen molar-refractivity contribution in [2.75, 3.05) is 19.5 Å². The lowest BCUT2D eigenvalue weighted by Gasteiger charge is -2.06. The van der Waals surface area contributed by atoms with Crippen molar-refractivity contribution in [3.05, 3.63) is 52.8 Å². The van der Waals surface area contributed by atoms with E-state index in [4.69, 9.17) is 9.47 Å². The SMILES string of the molecule is COc1cc2[nH]c3c(Nc4cccc([N+](=O)[O-])c4)ncnc3c2cc1OC. The molecule has 0 atom stereocenters. The molecule has 0 aliphatic heterocycles. The lowest BCUT2D eigenvalue weighted by atomic mass is 10.2. The van der Waals surface area contributed by atoms with Crippen molar-refractivity contribution in [2.45, 2.75) is 0 Å². The highest BCUT2D eigenvalue weighted by Gasteiger charge is 2.15. The van der Waals surface area contributed by atoms with Gasteiger partial charge in [0.2, 0.25) is 0 Å². The van der Waals surface area contributed by atoms with Gasteiger partial charge in [0.05, 0.1) is 24.7 Å². The average molecular weight is 365 g/mol. The molecule has 9 heteroatoms. The largest absolute Gasteiger partial charge is 0.493 e. The Labute approximate surface area is 153 Å². The fourth-order valence-corrected chi connectivity index (χ4v) is 2.95. The number of benzene rings is 2. The number of rotatable bonds is 5. The van der Waals surface area contributed by atoms with Gasteiger partial charge < -0.3 is 19.8 Å². The molecule has 9 nitrogen and oxygen atoms in total. The van der Waals surface area contributed by atoms with E-state index in [-0.39, 0.29) is 5.69 Å². The third kappa shape index (κ3) is 2.84. The first kappa shape index (κ1) is 16.6. The minimum absolute atomic E-state index is 0.00332. The van der Waals surface area contributed by atoms with Gasteiger partial charge in [0, 0.05) is 29.3 Å². The van der Waals surface area contributed by atoms with E-state index in [0.717, 1.165) is 10.9 Å². The molecule has 0 aliphatic rings. The summed E-state index contributed by atoms with van der Waals surface area (Å²) in [5.41, 5.74) is 2.74. The van der Waals surface area contributed by atoms with Crippen LogP contribution >= 0.6 is 0 Å². The summed E-state index contributed by atoms with van der Waals surface area (Å²) in [6.45, 7) is 0. The summed E-state index contributed by atoms with van der Waals surface area (Å²) in [5, 5.41) is 14.9. The second-order valence-corrected chi connectivity index (χ2v) is 5.76. The number of non-ortho nitro benzene ring substituents is 1. The number of hydrogen-bond acceptors (Lipinski definition) is 7. The predicted octanol–water partition coefficient (Wildman–Crippen LogP) is 3.78. The van der Waals surface area contributed by atoms with Gasteiger partial charge in [0.25, 0.3) is 5.69 Å². The Morgan fingerprint density at radius 2 is 1.89 bits per heavy atom. The summed E-state index contributed by atoms with van der Waals surface area (Å²) in [6, 6.07) is 9.89. The Bertz CT molecular complexity index is 1170. The number of ether oxygens (including phenoxy) is 2. The zero-order valence-electron chi connectivity index (χ0n) is 14.5. The molecular formula is C18H15N5O4. The summed E-state index contributed by atoms with van der Waals surface area (Å²) in [6.07, 6.45) is 1.44. The van der Waals surface area contributed by atoms with Crippen LogP contribution in [0.15, 0.2) is 42.7 Å². The number of H-pyrrole nitrogens is 1. The molecule has 2 N–H and O–H groups in total. The average Bonchev–Trinajstić information content (AvgIpc) is 3.05. The van der Waals surface area contributed by atoms with E-state index in [1.807, 2.05) is 12.1 Å². The van der Waals surface area contributed by atoms with Gasteiger partial charge in [0.15, 0.2) is 17.3 Å². The Balaban J connectivity index is 1.84. The monoisotopic (exact) mass is 365 g/mol. The summed E-state index contributed by atoms with van der Waals surface area (Å²) >= 11 is 0. The molecule has 27 heavy (non-hydrogen) atoms. The van der Waals surface area contributed by atoms with Gasteiger partial charge in [0.1, 0.15) is 17.4 Å². The third-order valence-corrected chi connectivity index (χ3v) is 4.21. The third-order valence-electron chi connectivity index (χ3n) is 4.21. The number of nitro benzene ring substituents is 1. The number of nitrogens with one attached hydrogen (secondary N) is 2. The first-order valence-electron chi connectivity index (χ1n) is 8.00. The topological polar surface area (TPSA) is 115 Å². The van der Waals surface area contributed by atoms with Crippen LogP contribution in [0.25, 0.3) is 21.9 Å². The van der Waals surface area contributed by atoms with Crippen molar-refractivity contribution >= 4 is 39.1 Å². The summed E-state index contributed by atoms with van der Waals surface area (Å²) in [5.74, 6) is 1.70. The highest BCUT2D eigenvalue weighted by atomic mass is 16.6. The number of nitro groups is 1. The van der Waals surface area contributed by atoms with Crippen LogP contribution in [0, 0.1) is 10.1 Å². The van der Waals surface area contributed by atoms with Gasteiger partial charge >= 0.3 is 0 Å². The molecule has 0 aliphatic carbocycles. The first-order valence-corrected chi connectivity index (χ1v) is 8.00. The van der Waals surface area contributed by atoms with Crippen molar-refractivity contribution in [1.82, 2.24) is 15.0 Å². The molecule has 0 saturated heterocycles. The molecule has 2 aromatic heterocycles. The van der Waals surface area contributed by atoms with Crippen LogP contribution in [0.4, 0.5) is 17.2 Å². The van der Waals surface area contributed by atoms with E-state index in [1.165, 1.54) is 18.5 Å². The molecule has 2 aromatic carbocycles. The lowest BCUT2D eigenvalue weighted by molar-refractivity contribution is -0.384. The van der Waals surface area contributed by atoms with Gasteiger partial charge in [-0.25, -0.2) is 9.97 Å². The Morgan fingerprint density at radius 3 is 2.63 bits per heavy atom. The highest BCUT2D eigenvalue weighted by molar-refractivity contribution is 6.09. The second kappa shape index (κ2) is 6.45. The van der Waals surface area contributed by atoms with Crippen molar-refractivity contribution in [3.63, 3.8) is 0 Å². The minimum atomic E-state index is -0.442. The molecule has 0 unspecified atom stereocenters. The molecule has 0 radical (unpaired) electrons. The number of methoxy groups -OCH3 is 2. The molecule has 0 saturated carbocycles. The lowest BCUT2D eigenvalue weighted by Crippen LogP contribution is -1.96. The summed E-state index contributed by atoms with van der Waals surface area (Å²) < 4.78 is 10.7. The van der Waals surface area contributed by atoms with Crippen LogP contribution in [-0.4, -0.2) is 34.1 Å². The van der Waals surface area contributed by atoms with Gasteiger partial charge in [-0.2, -0.15) is 0 Å². The van der Waals surface area contributed by atoms with E-state index in [9.17, 15) is 10.1 Å². The zero-order valence-corrected chi connectivity index (χ0v) is 14.5. The fraction of sp³-hybridized carbons (Fsp3) is 0.111. The van der Waals surface area contributed by atoms with E-state index in [1.54, 1.807) is 26.4 Å². The molecule has 4 aromatic rings. The van der Waals surface area contributed by atoms with E-state index in [2.05, 4.69) is 20.3 Å². The number of fused-ring (bicyclic) bond motifs is 3. The number of nitrogens with zero attached hydrogens (tertiary/aromatic N) is 3. The van der Waals surface area contributed by atoms with Crippen LogP contribution in [-0.2, 0) is 0 Å². The van der Waals surface area contributed by atoms with Gasteiger partial charge in [-0.05, 0) is 12.1 Å². The van der Waals surface area contributed by atoms with Crippen molar-refractivity contribution in [2.24, 2.45) is 0 Å². The maximum absolute atomic E-state index is 11.0. The van der Waals surface area contributed by atoms with Crippen molar-refractivity contribution < 1.29 is 14.4 Å². The normalized spacial score (nSPS) is 10.9. The van der Waals surface area contributed by atoms with E-state index >= 15 is 0 Å². The first-order chi connectivity index (χ1) is 13.1. The molecule has 0 spiro atoms. The maximum Gasteiger partial charge on any atom is 0.271 e. The van der Waals surface area contributed by atoms with Crippen molar-refractivity contribution in [3.8, 4) is 11.5 Å². The van der Waals surface area contributed by atoms with E-state index < -0.39 is 4.92 Å². The van der Waals surface area contributed by atoms with E-state index in [0.29, 0.717) is 34.0 Å². The molecule has 0 bridgehead atoms. The Kier molecular flexibility index (Phi) is 3.96. The van der Waals surface area contributed by atoms with Gasteiger partial charge in [-0.15, -0.1) is 0 Å². The predicted molar refractivity (Wildman–Crippen MR) is 101 cm³/mol. The number of aromatic nitrogens is 3. The summed E-state index contributed by atoms with van der Waals surface area (Å²) in [4.78, 5) is 22.4. The quantitative estimate of drug-likeness (QED) is 0.408. The molecule has 2 heterocycles. The zero-order chi connectivity index (χ0) is 19.0. The minimum Gasteiger partial charge on any atom is -0.493 e. The van der Waals surface area contributed by atoms with Gasteiger partial charge in [-0.3, -0.25) is 10.1 Å². The molecule has 4 rings (SSSR count). The van der Waals surface area contributed by atoms with Crippen LogP contribution < -0.4 is 14.8 Å². The van der Waals surface area contributed by atoms with Crippen LogP contribution in [0.1, 0.15) is 0 Å². The number of aromatic amines is 1. The van der Waals surface area contributed by atoms with Crippen LogP contribution in [0.2, 0.25) is 0 Å². The maximum atomic E-state index is 11.0. The smallest absolute Gasteiger partial charge is 0.271 e. The van der Waals surface area contributed by atoms with Crippen LogP contribution in [0.3, 0.4) is 0 Å². The second-order valence-electron chi connectivity index (χ2n) is 5.76. The standard InChI is InChI=1S/C18H15N5O4/c1-26-14-7-12-13(8-15(14)27-2)22-17-16(12)19-9-20-18(17)21-10-4-3-5-11(6-10)23(24)25/h3-9,22H,1-2H3,(H,19,20,21). The van der Waals surface area contributed by atoms with Crippen LogP contribution in [0.5, 0.6) is 11.5 Å². The molecule has 0 amide bonds. The van der Waals surface area contributed by atoms with Crippen molar-refractivity contribution in [1.29, 1.82) is 0 Å². The number of hydrogen-bond donors (Lipinski definition) is 2. The molecular weight excluding hydrogens is 350 g/mol. The molecule has 136 valence electrons. The fourth-order valence-electron chi connectivity index (χ4n) is 2.95. The Morgan fingerprint density at radius 1 is 1.11 bits per heavy atom. The summed E-state index contributed by atoms with van der Waals surface area (Å²) in [7, 11) is 3.14. The number of anilines is 2. The molecule has 0 fully saturated rings.